The molecule has 5 rings (SSSR count). The zero-order chi connectivity index (χ0) is 13.3. The molecule has 1 N–H and O–H groups in total. The number of aryl methyl sites for hydroxylation is 2. The number of aliphatic hydroxyl groups is 1. The highest BCUT2D eigenvalue weighted by atomic mass is 16.3. The number of fused-ring (bicyclic) bond motifs is 1. The lowest BCUT2D eigenvalue weighted by Gasteiger charge is -2.22. The SMILES string of the molecule is OC(c1ccc2c3c(cccc13)CC2)C1CC2CC2C1. The van der Waals surface area contributed by atoms with Crippen LogP contribution in [0.2, 0.25) is 0 Å². The summed E-state index contributed by atoms with van der Waals surface area (Å²) in [6.07, 6.45) is 5.99. The Kier molecular flexibility index (Phi) is 2.18. The predicted molar refractivity (Wildman–Crippen MR) is 80.6 cm³/mol. The van der Waals surface area contributed by atoms with Crippen molar-refractivity contribution in [2.75, 3.05) is 0 Å². The summed E-state index contributed by atoms with van der Waals surface area (Å²) >= 11 is 0. The first-order chi connectivity index (χ1) is 9.81. The molecule has 0 heterocycles. The van der Waals surface area contributed by atoms with Gasteiger partial charge in [0, 0.05) is 0 Å². The summed E-state index contributed by atoms with van der Waals surface area (Å²) < 4.78 is 0. The van der Waals surface area contributed by atoms with Gasteiger partial charge in [-0.05, 0) is 77.3 Å². The maximum atomic E-state index is 10.9. The molecule has 102 valence electrons. The van der Waals surface area contributed by atoms with Crippen molar-refractivity contribution in [3.8, 4) is 0 Å². The lowest BCUT2D eigenvalue weighted by atomic mass is 9.88. The highest BCUT2D eigenvalue weighted by molar-refractivity contribution is 5.93. The number of hydrogen-bond acceptors (Lipinski definition) is 1. The van der Waals surface area contributed by atoms with Crippen LogP contribution in [0.5, 0.6) is 0 Å². The number of benzene rings is 2. The Balaban J connectivity index is 1.62. The first kappa shape index (κ1) is 11.3. The topological polar surface area (TPSA) is 20.2 Å². The van der Waals surface area contributed by atoms with Crippen LogP contribution >= 0.6 is 0 Å². The van der Waals surface area contributed by atoms with Crippen LogP contribution in [-0.4, -0.2) is 5.11 Å². The van der Waals surface area contributed by atoms with E-state index >= 15 is 0 Å². The number of aliphatic hydroxyl groups excluding tert-OH is 1. The van der Waals surface area contributed by atoms with Crippen LogP contribution in [0.15, 0.2) is 30.3 Å². The molecule has 3 atom stereocenters. The maximum absolute atomic E-state index is 10.9. The molecule has 3 unspecified atom stereocenters. The molecule has 20 heavy (non-hydrogen) atoms. The van der Waals surface area contributed by atoms with E-state index in [2.05, 4.69) is 30.3 Å². The molecule has 0 radical (unpaired) electrons. The third-order valence-electron chi connectivity index (χ3n) is 5.96. The molecule has 0 bridgehead atoms. The summed E-state index contributed by atoms with van der Waals surface area (Å²) in [4.78, 5) is 0. The molecule has 0 amide bonds. The molecule has 2 fully saturated rings. The second kappa shape index (κ2) is 3.85. The number of hydrogen-bond donors (Lipinski definition) is 1. The van der Waals surface area contributed by atoms with E-state index in [1.54, 1.807) is 0 Å². The van der Waals surface area contributed by atoms with E-state index in [1.807, 2.05) is 0 Å². The van der Waals surface area contributed by atoms with Crippen molar-refractivity contribution in [3.63, 3.8) is 0 Å². The molecular weight excluding hydrogens is 244 g/mol. The summed E-state index contributed by atoms with van der Waals surface area (Å²) in [5, 5.41) is 13.6. The zero-order valence-electron chi connectivity index (χ0n) is 11.7. The molecule has 1 nitrogen and oxygen atoms in total. The van der Waals surface area contributed by atoms with Crippen LogP contribution in [0.3, 0.4) is 0 Å². The minimum atomic E-state index is -0.257. The van der Waals surface area contributed by atoms with Crippen molar-refractivity contribution >= 4 is 10.8 Å². The van der Waals surface area contributed by atoms with Crippen molar-refractivity contribution in [1.29, 1.82) is 0 Å². The Hall–Kier alpha value is -1.34. The lowest BCUT2D eigenvalue weighted by Crippen LogP contribution is -2.11. The van der Waals surface area contributed by atoms with Gasteiger partial charge in [-0.2, -0.15) is 0 Å². The maximum Gasteiger partial charge on any atom is 0.0824 e. The van der Waals surface area contributed by atoms with E-state index in [4.69, 9.17) is 0 Å². The van der Waals surface area contributed by atoms with Crippen LogP contribution in [0.1, 0.15) is 42.1 Å². The van der Waals surface area contributed by atoms with Gasteiger partial charge in [0.2, 0.25) is 0 Å². The Morgan fingerprint density at radius 2 is 1.65 bits per heavy atom. The first-order valence-corrected chi connectivity index (χ1v) is 8.02. The smallest absolute Gasteiger partial charge is 0.0824 e. The van der Waals surface area contributed by atoms with E-state index in [1.165, 1.54) is 59.6 Å². The van der Waals surface area contributed by atoms with Gasteiger partial charge in [-0.25, -0.2) is 0 Å². The van der Waals surface area contributed by atoms with Crippen LogP contribution in [0.4, 0.5) is 0 Å². The predicted octanol–water partition coefficient (Wildman–Crippen LogP) is 4.02. The zero-order valence-corrected chi connectivity index (χ0v) is 11.7. The fourth-order valence-electron chi connectivity index (χ4n) is 4.80. The number of rotatable bonds is 2. The van der Waals surface area contributed by atoms with Gasteiger partial charge in [-0.15, -0.1) is 0 Å². The summed E-state index contributed by atoms with van der Waals surface area (Å²) in [6, 6.07) is 11.1. The Labute approximate surface area is 119 Å². The molecule has 0 aliphatic heterocycles. The molecule has 0 aromatic heterocycles. The largest absolute Gasteiger partial charge is 0.388 e. The van der Waals surface area contributed by atoms with Crippen LogP contribution in [0, 0.1) is 17.8 Å². The second-order valence-corrected chi connectivity index (χ2v) is 7.09. The van der Waals surface area contributed by atoms with Gasteiger partial charge < -0.3 is 5.11 Å². The Morgan fingerprint density at radius 3 is 2.45 bits per heavy atom. The van der Waals surface area contributed by atoms with Crippen LogP contribution < -0.4 is 0 Å². The van der Waals surface area contributed by atoms with E-state index < -0.39 is 0 Å². The summed E-state index contributed by atoms with van der Waals surface area (Å²) in [5.41, 5.74) is 4.13. The van der Waals surface area contributed by atoms with Gasteiger partial charge in [0.25, 0.3) is 0 Å². The van der Waals surface area contributed by atoms with Crippen molar-refractivity contribution < 1.29 is 5.11 Å². The Morgan fingerprint density at radius 1 is 0.900 bits per heavy atom. The monoisotopic (exact) mass is 264 g/mol. The molecule has 2 saturated carbocycles. The molecule has 3 aliphatic rings. The Bertz CT molecular complexity index is 682. The van der Waals surface area contributed by atoms with E-state index in [0.29, 0.717) is 5.92 Å². The van der Waals surface area contributed by atoms with Gasteiger partial charge in [0.1, 0.15) is 0 Å². The van der Waals surface area contributed by atoms with Gasteiger partial charge in [-0.1, -0.05) is 30.3 Å². The van der Waals surface area contributed by atoms with Crippen LogP contribution in [-0.2, 0) is 12.8 Å². The van der Waals surface area contributed by atoms with E-state index in [0.717, 1.165) is 11.8 Å². The third kappa shape index (κ3) is 1.47. The molecule has 0 saturated heterocycles. The summed E-state index contributed by atoms with van der Waals surface area (Å²) in [5.74, 6) is 2.37. The fraction of sp³-hybridized carbons (Fsp3) is 0.474. The van der Waals surface area contributed by atoms with Gasteiger partial charge >= 0.3 is 0 Å². The third-order valence-corrected chi connectivity index (χ3v) is 5.96. The first-order valence-electron chi connectivity index (χ1n) is 8.02. The highest BCUT2D eigenvalue weighted by Crippen LogP contribution is 2.57. The summed E-state index contributed by atoms with van der Waals surface area (Å²) in [7, 11) is 0. The molecule has 3 aliphatic carbocycles. The molecule has 0 spiro atoms. The van der Waals surface area contributed by atoms with Crippen LogP contribution in [0.25, 0.3) is 10.8 Å². The fourth-order valence-corrected chi connectivity index (χ4v) is 4.80. The van der Waals surface area contributed by atoms with Crippen molar-refractivity contribution in [3.05, 3.63) is 47.0 Å². The standard InChI is InChI=1S/C19H20O/c20-19(15-9-13-8-14(13)10-15)17-7-6-12-5-4-11-2-1-3-16(17)18(11)12/h1-3,6-7,13-15,19-20H,4-5,8-10H2. The quantitative estimate of drug-likeness (QED) is 0.868. The molecular formula is C19H20O. The minimum Gasteiger partial charge on any atom is -0.388 e. The second-order valence-electron chi connectivity index (χ2n) is 7.09. The lowest BCUT2D eigenvalue weighted by molar-refractivity contribution is 0.106. The molecule has 2 aromatic carbocycles. The highest BCUT2D eigenvalue weighted by Gasteiger charge is 2.48. The van der Waals surface area contributed by atoms with E-state index in [-0.39, 0.29) is 6.10 Å². The average Bonchev–Trinajstić information content (AvgIpc) is 2.90. The van der Waals surface area contributed by atoms with Gasteiger partial charge in [0.05, 0.1) is 6.10 Å². The van der Waals surface area contributed by atoms with Gasteiger partial charge in [0.15, 0.2) is 0 Å². The minimum absolute atomic E-state index is 0.257. The van der Waals surface area contributed by atoms with Crippen molar-refractivity contribution in [2.45, 2.75) is 38.2 Å². The van der Waals surface area contributed by atoms with Crippen molar-refractivity contribution in [1.82, 2.24) is 0 Å². The summed E-state index contributed by atoms with van der Waals surface area (Å²) in [6.45, 7) is 0. The molecule has 1 heteroatoms. The van der Waals surface area contributed by atoms with E-state index in [9.17, 15) is 5.11 Å². The molecule has 2 aromatic rings. The van der Waals surface area contributed by atoms with Crippen molar-refractivity contribution in [2.24, 2.45) is 17.8 Å². The normalized spacial score (nSPS) is 31.6. The van der Waals surface area contributed by atoms with Gasteiger partial charge in [-0.3, -0.25) is 0 Å². The average molecular weight is 264 g/mol.